The molecule has 1 fully saturated rings. The van der Waals surface area contributed by atoms with E-state index in [1.165, 1.54) is 0 Å². The number of anilines is 1. The number of para-hydroxylation sites is 2. The molecule has 1 heterocycles. The van der Waals surface area contributed by atoms with Gasteiger partial charge in [-0.3, -0.25) is 4.79 Å². The van der Waals surface area contributed by atoms with Crippen molar-refractivity contribution in [3.8, 4) is 5.75 Å². The zero-order chi connectivity index (χ0) is 13.9. The molecule has 1 aromatic rings. The van der Waals surface area contributed by atoms with E-state index < -0.39 is 5.54 Å². The maximum Gasteiger partial charge on any atom is 0.244 e. The Morgan fingerprint density at radius 1 is 1.42 bits per heavy atom. The van der Waals surface area contributed by atoms with E-state index in [4.69, 9.17) is 4.74 Å². The lowest BCUT2D eigenvalue weighted by atomic mass is 9.99. The summed E-state index contributed by atoms with van der Waals surface area (Å²) in [6.07, 6.45) is 1.98. The molecule has 0 aromatic heterocycles. The largest absolute Gasteiger partial charge is 0.489 e. The fourth-order valence-electron chi connectivity index (χ4n) is 2.28. The van der Waals surface area contributed by atoms with E-state index in [0.29, 0.717) is 5.75 Å². The molecule has 104 valence electrons. The first-order chi connectivity index (χ1) is 9.01. The summed E-state index contributed by atoms with van der Waals surface area (Å²) in [4.78, 5) is 12.3. The molecule has 0 saturated carbocycles. The Balaban J connectivity index is 2.12. The Morgan fingerprint density at radius 2 is 2.16 bits per heavy atom. The van der Waals surface area contributed by atoms with Crippen LogP contribution >= 0.6 is 0 Å². The van der Waals surface area contributed by atoms with E-state index in [1.807, 2.05) is 45.0 Å². The third kappa shape index (κ3) is 3.26. The fourth-order valence-corrected chi connectivity index (χ4v) is 2.28. The second-order valence-corrected chi connectivity index (χ2v) is 5.48. The number of benzene rings is 1. The smallest absolute Gasteiger partial charge is 0.244 e. The normalized spacial score (nSPS) is 22.5. The first-order valence-electron chi connectivity index (χ1n) is 6.83. The average Bonchev–Trinajstić information content (AvgIpc) is 2.79. The molecule has 19 heavy (non-hydrogen) atoms. The highest BCUT2D eigenvalue weighted by molar-refractivity contribution is 5.99. The van der Waals surface area contributed by atoms with Gasteiger partial charge in [0.25, 0.3) is 0 Å². The van der Waals surface area contributed by atoms with E-state index >= 15 is 0 Å². The highest BCUT2D eigenvalue weighted by Crippen LogP contribution is 2.27. The molecule has 2 rings (SSSR count). The molecule has 1 amide bonds. The number of nitrogens with one attached hydrogen (secondary N) is 2. The van der Waals surface area contributed by atoms with Crippen LogP contribution < -0.4 is 15.4 Å². The highest BCUT2D eigenvalue weighted by atomic mass is 16.5. The molecule has 0 radical (unpaired) electrons. The molecule has 1 aliphatic heterocycles. The predicted octanol–water partition coefficient (Wildman–Crippen LogP) is 2.55. The van der Waals surface area contributed by atoms with Crippen LogP contribution in [0.2, 0.25) is 0 Å². The van der Waals surface area contributed by atoms with Crippen molar-refractivity contribution < 1.29 is 9.53 Å². The summed E-state index contributed by atoms with van der Waals surface area (Å²) in [7, 11) is 0. The molecule has 0 spiro atoms. The second kappa shape index (κ2) is 5.61. The van der Waals surface area contributed by atoms with Gasteiger partial charge < -0.3 is 15.4 Å². The Kier molecular flexibility index (Phi) is 4.10. The average molecular weight is 262 g/mol. The van der Waals surface area contributed by atoms with Gasteiger partial charge in [-0.25, -0.2) is 0 Å². The summed E-state index contributed by atoms with van der Waals surface area (Å²) < 4.78 is 5.71. The first kappa shape index (κ1) is 13.9. The molecule has 4 heteroatoms. The standard InChI is InChI=1S/C15H22N2O2/c1-11(2)19-13-8-5-4-7-12(13)17-14(18)15(3)9-6-10-16-15/h4-5,7-8,11,16H,6,9-10H2,1-3H3,(H,17,18). The van der Waals surface area contributed by atoms with Gasteiger partial charge >= 0.3 is 0 Å². The highest BCUT2D eigenvalue weighted by Gasteiger charge is 2.36. The van der Waals surface area contributed by atoms with Crippen molar-refractivity contribution in [2.75, 3.05) is 11.9 Å². The number of hydrogen-bond acceptors (Lipinski definition) is 3. The molecular weight excluding hydrogens is 240 g/mol. The Labute approximate surface area is 114 Å². The molecular formula is C15H22N2O2. The lowest BCUT2D eigenvalue weighted by Gasteiger charge is -2.24. The van der Waals surface area contributed by atoms with Crippen molar-refractivity contribution in [2.24, 2.45) is 0 Å². The Morgan fingerprint density at radius 3 is 2.79 bits per heavy atom. The van der Waals surface area contributed by atoms with Crippen molar-refractivity contribution in [2.45, 2.75) is 45.3 Å². The lowest BCUT2D eigenvalue weighted by Crippen LogP contribution is -2.48. The van der Waals surface area contributed by atoms with Gasteiger partial charge in [0, 0.05) is 0 Å². The number of carbonyl (C=O) groups is 1. The molecule has 2 N–H and O–H groups in total. The van der Waals surface area contributed by atoms with Crippen molar-refractivity contribution in [1.29, 1.82) is 0 Å². The number of ether oxygens (including phenoxy) is 1. The van der Waals surface area contributed by atoms with Gasteiger partial charge in [-0.15, -0.1) is 0 Å². The van der Waals surface area contributed by atoms with Crippen molar-refractivity contribution in [3.63, 3.8) is 0 Å². The molecule has 4 nitrogen and oxygen atoms in total. The van der Waals surface area contributed by atoms with E-state index in [9.17, 15) is 4.79 Å². The molecule has 0 bridgehead atoms. The Bertz CT molecular complexity index is 451. The van der Waals surface area contributed by atoms with E-state index in [1.54, 1.807) is 0 Å². The van der Waals surface area contributed by atoms with Crippen LogP contribution in [0.4, 0.5) is 5.69 Å². The van der Waals surface area contributed by atoms with Crippen molar-refractivity contribution >= 4 is 11.6 Å². The quantitative estimate of drug-likeness (QED) is 0.876. The summed E-state index contributed by atoms with van der Waals surface area (Å²) in [6, 6.07) is 7.55. The van der Waals surface area contributed by atoms with Crippen LogP contribution in [0.5, 0.6) is 5.75 Å². The van der Waals surface area contributed by atoms with Crippen LogP contribution in [-0.2, 0) is 4.79 Å². The van der Waals surface area contributed by atoms with Crippen LogP contribution in [0.3, 0.4) is 0 Å². The maximum absolute atomic E-state index is 12.3. The molecule has 0 aliphatic carbocycles. The number of rotatable bonds is 4. The summed E-state index contributed by atoms with van der Waals surface area (Å²) in [6.45, 7) is 6.78. The van der Waals surface area contributed by atoms with Gasteiger partial charge in [-0.1, -0.05) is 12.1 Å². The summed E-state index contributed by atoms with van der Waals surface area (Å²) in [5, 5.41) is 6.23. The SMILES string of the molecule is CC(C)Oc1ccccc1NC(=O)C1(C)CCCN1. The second-order valence-electron chi connectivity index (χ2n) is 5.48. The molecule has 1 aliphatic rings. The monoisotopic (exact) mass is 262 g/mol. The minimum atomic E-state index is -0.467. The third-order valence-electron chi connectivity index (χ3n) is 3.37. The topological polar surface area (TPSA) is 50.4 Å². The minimum absolute atomic E-state index is 0.00445. The van der Waals surface area contributed by atoms with Gasteiger partial charge in [0.1, 0.15) is 5.75 Å². The number of carbonyl (C=O) groups excluding carboxylic acids is 1. The minimum Gasteiger partial charge on any atom is -0.489 e. The van der Waals surface area contributed by atoms with E-state index in [0.717, 1.165) is 25.1 Å². The van der Waals surface area contributed by atoms with Crippen LogP contribution in [0.1, 0.15) is 33.6 Å². The lowest BCUT2D eigenvalue weighted by molar-refractivity contribution is -0.121. The summed E-state index contributed by atoms with van der Waals surface area (Å²) in [5.74, 6) is 0.720. The third-order valence-corrected chi connectivity index (χ3v) is 3.37. The zero-order valence-corrected chi connectivity index (χ0v) is 11.8. The summed E-state index contributed by atoms with van der Waals surface area (Å²) >= 11 is 0. The van der Waals surface area contributed by atoms with Crippen LogP contribution in [0, 0.1) is 0 Å². The number of hydrogen-bond donors (Lipinski definition) is 2. The van der Waals surface area contributed by atoms with Gasteiger partial charge in [0.15, 0.2) is 0 Å². The first-order valence-corrected chi connectivity index (χ1v) is 6.83. The van der Waals surface area contributed by atoms with E-state index in [-0.39, 0.29) is 12.0 Å². The van der Waals surface area contributed by atoms with Gasteiger partial charge in [-0.2, -0.15) is 0 Å². The van der Waals surface area contributed by atoms with Gasteiger partial charge in [0.2, 0.25) is 5.91 Å². The zero-order valence-electron chi connectivity index (χ0n) is 11.8. The predicted molar refractivity (Wildman–Crippen MR) is 76.5 cm³/mol. The molecule has 1 saturated heterocycles. The molecule has 1 atom stereocenters. The van der Waals surface area contributed by atoms with Gasteiger partial charge in [0.05, 0.1) is 17.3 Å². The van der Waals surface area contributed by atoms with Gasteiger partial charge in [-0.05, 0) is 52.3 Å². The van der Waals surface area contributed by atoms with Crippen molar-refractivity contribution in [3.05, 3.63) is 24.3 Å². The number of amides is 1. The Hall–Kier alpha value is -1.55. The van der Waals surface area contributed by atoms with Crippen LogP contribution in [-0.4, -0.2) is 24.1 Å². The molecule has 1 aromatic carbocycles. The van der Waals surface area contributed by atoms with E-state index in [2.05, 4.69) is 10.6 Å². The van der Waals surface area contributed by atoms with Crippen LogP contribution in [0.25, 0.3) is 0 Å². The molecule has 1 unspecified atom stereocenters. The van der Waals surface area contributed by atoms with Crippen LogP contribution in [0.15, 0.2) is 24.3 Å². The summed E-state index contributed by atoms with van der Waals surface area (Å²) in [5.41, 5.74) is 0.265. The van der Waals surface area contributed by atoms with Crippen molar-refractivity contribution in [1.82, 2.24) is 5.32 Å². The fraction of sp³-hybridized carbons (Fsp3) is 0.533. The maximum atomic E-state index is 12.3.